The summed E-state index contributed by atoms with van der Waals surface area (Å²) in [5.41, 5.74) is -5.19. The van der Waals surface area contributed by atoms with E-state index < -0.39 is 35.7 Å². The van der Waals surface area contributed by atoms with Gasteiger partial charge < -0.3 is 24.6 Å². The number of hydrogen-bond acceptors (Lipinski definition) is 5. The second-order valence-electron chi connectivity index (χ2n) is 8.37. The van der Waals surface area contributed by atoms with Crippen molar-refractivity contribution < 1.29 is 64.0 Å². The molecule has 0 heterocycles. The van der Waals surface area contributed by atoms with Crippen LogP contribution in [0.2, 0.25) is 5.02 Å². The average Bonchev–Trinajstić information content (AvgIpc) is 2.86. The normalized spacial score (nSPS) is 12.3. The number of aliphatic hydroxyl groups is 1. The van der Waals surface area contributed by atoms with Gasteiger partial charge in [-0.1, -0.05) is 37.1 Å². The van der Waals surface area contributed by atoms with Crippen LogP contribution in [-0.2, 0) is 16.9 Å². The number of aliphatic carboxylic acids is 1. The molecule has 0 saturated heterocycles. The second-order valence-corrected chi connectivity index (χ2v) is 8.78. The Morgan fingerprint density at radius 3 is 1.85 bits per heavy atom. The summed E-state index contributed by atoms with van der Waals surface area (Å²) in [5.74, 6) is -1.98. The summed E-state index contributed by atoms with van der Waals surface area (Å²) < 4.78 is 122. The number of anilines is 1. The molecule has 0 spiro atoms. The minimum atomic E-state index is -5.94. The molecule has 0 aromatic heterocycles. The van der Waals surface area contributed by atoms with E-state index in [2.05, 4.69) is 0 Å². The van der Waals surface area contributed by atoms with E-state index in [9.17, 15) is 44.6 Å². The van der Waals surface area contributed by atoms with E-state index in [1.54, 1.807) is 24.0 Å². The lowest BCUT2D eigenvalue weighted by atomic mass is 9.92. The molecule has 0 aliphatic heterocycles. The van der Waals surface area contributed by atoms with Crippen molar-refractivity contribution in [2.45, 2.75) is 57.4 Å². The van der Waals surface area contributed by atoms with E-state index in [0.717, 1.165) is 25.0 Å². The topological polar surface area (TPSA) is 79.2 Å². The Labute approximate surface area is 234 Å². The minimum absolute atomic E-state index is 0.255. The van der Waals surface area contributed by atoms with Gasteiger partial charge in [-0.05, 0) is 43.2 Å². The zero-order chi connectivity index (χ0) is 31.8. The molecular formula is C25H27ClF9NO5. The SMILES string of the molecule is CCCCN(Cc1cc(Cl)c(OCC)c(OC)c1)c1ccc(C(O)(C(F)(F)F)C(F)(F)F)cc1.O=C(O)C(F)(F)F. The molecule has 2 aromatic rings. The Morgan fingerprint density at radius 2 is 1.46 bits per heavy atom. The van der Waals surface area contributed by atoms with Gasteiger partial charge in [-0.2, -0.15) is 39.5 Å². The first kappa shape index (κ1) is 36.0. The number of rotatable bonds is 10. The molecule has 0 fully saturated rings. The molecule has 2 N–H and O–H groups in total. The Hall–Kier alpha value is -3.07. The fourth-order valence-electron chi connectivity index (χ4n) is 3.42. The van der Waals surface area contributed by atoms with E-state index in [-0.39, 0.29) is 6.54 Å². The number of hydrogen-bond donors (Lipinski definition) is 2. The summed E-state index contributed by atoms with van der Waals surface area (Å²) in [4.78, 5) is 10.7. The van der Waals surface area contributed by atoms with Crippen molar-refractivity contribution in [2.24, 2.45) is 0 Å². The molecule has 0 aliphatic carbocycles. The summed E-state index contributed by atoms with van der Waals surface area (Å²) >= 11 is 6.32. The van der Waals surface area contributed by atoms with Crippen molar-refractivity contribution in [3.05, 3.63) is 52.5 Å². The van der Waals surface area contributed by atoms with Gasteiger partial charge in [0.2, 0.25) is 0 Å². The van der Waals surface area contributed by atoms with Gasteiger partial charge in [0.05, 0.1) is 18.7 Å². The largest absolute Gasteiger partial charge is 0.493 e. The van der Waals surface area contributed by atoms with Crippen LogP contribution in [0.15, 0.2) is 36.4 Å². The van der Waals surface area contributed by atoms with E-state index in [1.165, 1.54) is 7.11 Å². The van der Waals surface area contributed by atoms with Crippen molar-refractivity contribution >= 4 is 23.3 Å². The van der Waals surface area contributed by atoms with Crippen molar-refractivity contribution in [1.82, 2.24) is 0 Å². The second kappa shape index (κ2) is 14.2. The molecule has 2 rings (SSSR count). The number of nitrogens with zero attached hydrogens (tertiary/aromatic N) is 1. The lowest BCUT2D eigenvalue weighted by Crippen LogP contribution is -2.53. The molecule has 0 aliphatic rings. The van der Waals surface area contributed by atoms with E-state index >= 15 is 0 Å². The van der Waals surface area contributed by atoms with Crippen molar-refractivity contribution in [2.75, 3.05) is 25.2 Å². The number of carbonyl (C=O) groups is 1. The van der Waals surface area contributed by atoms with Gasteiger partial charge in [-0.25, -0.2) is 4.79 Å². The maximum Gasteiger partial charge on any atom is 0.490 e. The summed E-state index contributed by atoms with van der Waals surface area (Å²) in [6.07, 6.45) is -15.4. The predicted octanol–water partition coefficient (Wildman–Crippen LogP) is 7.50. The van der Waals surface area contributed by atoms with Crippen molar-refractivity contribution in [3.63, 3.8) is 0 Å². The van der Waals surface area contributed by atoms with Gasteiger partial charge in [0.1, 0.15) is 0 Å². The fourth-order valence-corrected chi connectivity index (χ4v) is 3.71. The molecule has 0 amide bonds. The standard InChI is InChI=1S/C23H26ClF6NO3.C2HF3O2/c1-4-6-11-31(14-15-12-18(24)20(34-5-2)19(13-15)33-3)17-9-7-16(8-10-17)21(32,22(25,26)27)23(28,29)30;3-2(4,5)1(6)7/h7-10,12-13,32H,4-6,11,14H2,1-3H3;(H,6,7). The summed E-state index contributed by atoms with van der Waals surface area (Å²) in [6.45, 7) is 4.84. The highest BCUT2D eigenvalue weighted by Gasteiger charge is 2.71. The maximum atomic E-state index is 13.2. The van der Waals surface area contributed by atoms with Gasteiger partial charge in [0.15, 0.2) is 11.5 Å². The Bertz CT molecular complexity index is 1120. The highest BCUT2D eigenvalue weighted by molar-refractivity contribution is 6.32. The first-order valence-electron chi connectivity index (χ1n) is 11.7. The number of carboxylic acids is 1. The highest BCUT2D eigenvalue weighted by Crippen LogP contribution is 2.50. The van der Waals surface area contributed by atoms with Gasteiger partial charge >= 0.3 is 24.5 Å². The molecule has 232 valence electrons. The van der Waals surface area contributed by atoms with Crippen molar-refractivity contribution in [1.29, 1.82) is 0 Å². The van der Waals surface area contributed by atoms with Crippen LogP contribution in [0.5, 0.6) is 11.5 Å². The lowest BCUT2D eigenvalue weighted by Gasteiger charge is -2.33. The molecule has 0 atom stereocenters. The molecular weight excluding hydrogens is 601 g/mol. The predicted molar refractivity (Wildman–Crippen MR) is 131 cm³/mol. The van der Waals surface area contributed by atoms with Crippen LogP contribution in [0.25, 0.3) is 0 Å². The first-order valence-corrected chi connectivity index (χ1v) is 12.1. The number of halogens is 10. The van der Waals surface area contributed by atoms with Gasteiger partial charge in [0.25, 0.3) is 5.60 Å². The van der Waals surface area contributed by atoms with Crippen LogP contribution in [0, 0.1) is 0 Å². The Kier molecular flexibility index (Phi) is 12.5. The van der Waals surface area contributed by atoms with Crippen LogP contribution in [0.4, 0.5) is 45.2 Å². The highest BCUT2D eigenvalue weighted by atomic mass is 35.5. The monoisotopic (exact) mass is 627 g/mol. The lowest BCUT2D eigenvalue weighted by molar-refractivity contribution is -0.376. The third-order valence-corrected chi connectivity index (χ3v) is 5.73. The molecule has 0 unspecified atom stereocenters. The first-order chi connectivity index (χ1) is 18.7. The third-order valence-electron chi connectivity index (χ3n) is 5.45. The molecule has 0 bridgehead atoms. The Balaban J connectivity index is 0.00000106. The van der Waals surface area contributed by atoms with E-state index in [1.807, 2.05) is 6.92 Å². The minimum Gasteiger partial charge on any atom is -0.493 e. The quantitative estimate of drug-likeness (QED) is 0.266. The van der Waals surface area contributed by atoms with Gasteiger partial charge in [0, 0.05) is 24.3 Å². The van der Waals surface area contributed by atoms with Crippen LogP contribution < -0.4 is 14.4 Å². The molecule has 0 radical (unpaired) electrons. The van der Waals surface area contributed by atoms with E-state index in [0.29, 0.717) is 53.1 Å². The van der Waals surface area contributed by atoms with Crippen LogP contribution in [0.3, 0.4) is 0 Å². The number of carboxylic acid groups (broad SMARTS) is 1. The smallest absolute Gasteiger partial charge is 0.490 e. The summed E-state index contributed by atoms with van der Waals surface area (Å²) in [6, 6.07) is 6.90. The molecule has 0 saturated carbocycles. The Morgan fingerprint density at radius 1 is 0.951 bits per heavy atom. The van der Waals surface area contributed by atoms with E-state index in [4.69, 9.17) is 31.0 Å². The molecule has 2 aromatic carbocycles. The van der Waals surface area contributed by atoms with Crippen LogP contribution in [-0.4, -0.2) is 55.0 Å². The summed E-state index contributed by atoms with van der Waals surface area (Å²) in [7, 11) is 1.45. The van der Waals surface area contributed by atoms with Crippen molar-refractivity contribution in [3.8, 4) is 11.5 Å². The zero-order valence-corrected chi connectivity index (χ0v) is 22.6. The molecule has 41 heavy (non-hydrogen) atoms. The number of alkyl halides is 9. The maximum absolute atomic E-state index is 13.2. The zero-order valence-electron chi connectivity index (χ0n) is 21.8. The third kappa shape index (κ3) is 9.21. The van der Waals surface area contributed by atoms with Crippen LogP contribution >= 0.6 is 11.6 Å². The number of benzene rings is 2. The van der Waals surface area contributed by atoms with Gasteiger partial charge in [-0.15, -0.1) is 0 Å². The fraction of sp³-hybridized carbons (Fsp3) is 0.480. The number of methoxy groups -OCH3 is 1. The van der Waals surface area contributed by atoms with Gasteiger partial charge in [-0.3, -0.25) is 0 Å². The molecule has 6 nitrogen and oxygen atoms in total. The summed E-state index contributed by atoms with van der Waals surface area (Å²) in [5, 5.41) is 17.0. The average molecular weight is 628 g/mol. The number of unbranched alkanes of at least 4 members (excludes halogenated alkanes) is 1. The molecule has 16 heteroatoms. The van der Waals surface area contributed by atoms with Crippen LogP contribution in [0.1, 0.15) is 37.8 Å². The number of ether oxygens (including phenoxy) is 2.